The molecule has 1 saturated heterocycles. The first-order valence-corrected chi connectivity index (χ1v) is 7.34. The number of carbonyl (C=O) groups excluding carboxylic acids is 1. The van der Waals surface area contributed by atoms with E-state index in [9.17, 15) is 4.79 Å². The van der Waals surface area contributed by atoms with Crippen molar-refractivity contribution in [1.82, 2.24) is 15.2 Å². The van der Waals surface area contributed by atoms with Crippen LogP contribution in [0.25, 0.3) is 0 Å². The van der Waals surface area contributed by atoms with Crippen molar-refractivity contribution in [3.05, 3.63) is 23.0 Å². The Morgan fingerprint density at radius 3 is 3.05 bits per heavy atom. The maximum absolute atomic E-state index is 12.3. The van der Waals surface area contributed by atoms with Crippen LogP contribution < -0.4 is 10.6 Å². The summed E-state index contributed by atoms with van der Waals surface area (Å²) in [5, 5.41) is 7.06. The number of aromatic nitrogens is 1. The summed E-state index contributed by atoms with van der Waals surface area (Å²) in [6.45, 7) is 5.98. The lowest BCUT2D eigenvalue weighted by atomic mass is 10.1. The zero-order valence-corrected chi connectivity index (χ0v) is 12.3. The lowest BCUT2D eigenvalue weighted by Crippen LogP contribution is -2.41. The van der Waals surface area contributed by atoms with E-state index in [4.69, 9.17) is 11.6 Å². The molecule has 2 N–H and O–H groups in total. The average molecular weight is 284 g/mol. The van der Waals surface area contributed by atoms with Crippen LogP contribution in [0.2, 0.25) is 5.02 Å². The first-order chi connectivity index (χ1) is 9.08. The van der Waals surface area contributed by atoms with Gasteiger partial charge in [0.25, 0.3) is 5.91 Å². The van der Waals surface area contributed by atoms with Crippen molar-refractivity contribution in [2.24, 2.45) is 0 Å². The second-order valence-corrected chi connectivity index (χ2v) is 5.85. The highest BCUT2D eigenvalue weighted by Gasteiger charge is 2.19. The monoisotopic (exact) mass is 283 g/mol. The molecule has 1 amide bonds. The van der Waals surface area contributed by atoms with Crippen LogP contribution in [0, 0.1) is 0 Å². The van der Waals surface area contributed by atoms with Gasteiger partial charge in [-0.1, -0.05) is 18.0 Å². The van der Waals surface area contributed by atoms with Crippen molar-refractivity contribution in [3.63, 3.8) is 0 Å². The highest BCUT2D eigenvalue weighted by atomic mass is 35.5. The van der Waals surface area contributed by atoms with Gasteiger partial charge in [-0.05, 0) is 39.3 Å². The molecule has 0 bridgehead atoms. The number of carbonyl (C=O) groups is 1. The van der Waals surface area contributed by atoms with E-state index >= 15 is 0 Å². The van der Waals surface area contributed by atoms with Gasteiger partial charge in [0.1, 0.15) is 5.69 Å². The predicted molar refractivity (Wildman–Crippen MR) is 77.8 cm³/mol. The van der Waals surface area contributed by atoms with Gasteiger partial charge in [-0.25, -0.2) is 0 Å². The Labute approximate surface area is 119 Å². The molecular formula is C14H22ClN3O. The quantitative estimate of drug-likeness (QED) is 0.896. The lowest BCUT2D eigenvalue weighted by Gasteiger charge is -2.18. The van der Waals surface area contributed by atoms with E-state index in [1.165, 1.54) is 6.42 Å². The van der Waals surface area contributed by atoms with Crippen LogP contribution in [0.3, 0.4) is 0 Å². The van der Waals surface area contributed by atoms with E-state index < -0.39 is 0 Å². The van der Waals surface area contributed by atoms with Crippen molar-refractivity contribution < 1.29 is 4.79 Å². The van der Waals surface area contributed by atoms with Gasteiger partial charge in [0.2, 0.25) is 0 Å². The van der Waals surface area contributed by atoms with Gasteiger partial charge in [-0.2, -0.15) is 0 Å². The van der Waals surface area contributed by atoms with Crippen LogP contribution in [0.1, 0.15) is 49.6 Å². The van der Waals surface area contributed by atoms with Crippen molar-refractivity contribution in [2.75, 3.05) is 13.1 Å². The minimum Gasteiger partial charge on any atom is -0.347 e. The topological polar surface area (TPSA) is 46.1 Å². The van der Waals surface area contributed by atoms with Gasteiger partial charge in [0, 0.05) is 24.8 Å². The molecule has 2 heterocycles. The second kappa shape index (κ2) is 6.44. The van der Waals surface area contributed by atoms with Gasteiger partial charge in [-0.15, -0.1) is 0 Å². The molecule has 2 rings (SSSR count). The van der Waals surface area contributed by atoms with E-state index in [0.29, 0.717) is 10.7 Å². The predicted octanol–water partition coefficient (Wildman–Crippen LogP) is 2.59. The van der Waals surface area contributed by atoms with Crippen molar-refractivity contribution in [3.8, 4) is 0 Å². The summed E-state index contributed by atoms with van der Waals surface area (Å²) in [5.41, 5.74) is 0.643. The van der Waals surface area contributed by atoms with Crippen molar-refractivity contribution >= 4 is 17.5 Å². The molecule has 1 unspecified atom stereocenters. The summed E-state index contributed by atoms with van der Waals surface area (Å²) < 4.78 is 1.92. The zero-order valence-electron chi connectivity index (χ0n) is 11.6. The van der Waals surface area contributed by atoms with E-state index in [1.807, 2.05) is 24.6 Å². The molecule has 4 nitrogen and oxygen atoms in total. The third kappa shape index (κ3) is 3.74. The molecule has 0 aromatic carbocycles. The Kier molecular flexibility index (Phi) is 4.88. The van der Waals surface area contributed by atoms with Crippen molar-refractivity contribution in [2.45, 2.75) is 45.2 Å². The molecule has 1 aromatic heterocycles. The summed E-state index contributed by atoms with van der Waals surface area (Å²) in [6, 6.07) is 2.17. The fourth-order valence-electron chi connectivity index (χ4n) is 2.46. The fraction of sp³-hybridized carbons (Fsp3) is 0.643. The Balaban J connectivity index is 2.06. The smallest absolute Gasteiger partial charge is 0.268 e. The number of hydrogen-bond donors (Lipinski definition) is 2. The number of nitrogens with zero attached hydrogens (tertiary/aromatic N) is 1. The molecule has 0 saturated carbocycles. The summed E-state index contributed by atoms with van der Waals surface area (Å²) in [7, 11) is 0. The summed E-state index contributed by atoms with van der Waals surface area (Å²) in [6.07, 6.45) is 5.19. The average Bonchev–Trinajstić information content (AvgIpc) is 2.58. The molecule has 19 heavy (non-hydrogen) atoms. The highest BCUT2D eigenvalue weighted by molar-refractivity contribution is 6.31. The number of hydrogen-bond acceptors (Lipinski definition) is 2. The van der Waals surface area contributed by atoms with E-state index in [1.54, 1.807) is 6.07 Å². The number of rotatable bonds is 3. The Bertz CT molecular complexity index is 434. The molecule has 5 heteroatoms. The van der Waals surface area contributed by atoms with Crippen LogP contribution in [-0.2, 0) is 0 Å². The molecular weight excluding hydrogens is 262 g/mol. The van der Waals surface area contributed by atoms with Crippen LogP contribution in [-0.4, -0.2) is 29.6 Å². The first-order valence-electron chi connectivity index (χ1n) is 6.97. The maximum Gasteiger partial charge on any atom is 0.268 e. The van der Waals surface area contributed by atoms with Crippen LogP contribution in [0.5, 0.6) is 0 Å². The number of amides is 1. The van der Waals surface area contributed by atoms with Gasteiger partial charge in [-0.3, -0.25) is 4.79 Å². The van der Waals surface area contributed by atoms with Crippen molar-refractivity contribution in [1.29, 1.82) is 0 Å². The molecule has 0 radical (unpaired) electrons. The van der Waals surface area contributed by atoms with Gasteiger partial charge in [0.05, 0.1) is 5.02 Å². The highest BCUT2D eigenvalue weighted by Crippen LogP contribution is 2.19. The second-order valence-electron chi connectivity index (χ2n) is 5.41. The Hall–Kier alpha value is -1.00. The molecule has 1 aliphatic rings. The van der Waals surface area contributed by atoms with E-state index in [0.717, 1.165) is 25.9 Å². The summed E-state index contributed by atoms with van der Waals surface area (Å²) >= 11 is 6.01. The SMILES string of the molecule is CC(C)n1cc(Cl)cc1C(=O)NC1CCCCNC1. The zero-order chi connectivity index (χ0) is 13.8. The van der Waals surface area contributed by atoms with E-state index in [-0.39, 0.29) is 18.0 Å². The summed E-state index contributed by atoms with van der Waals surface area (Å²) in [4.78, 5) is 12.3. The first kappa shape index (κ1) is 14.4. The fourth-order valence-corrected chi connectivity index (χ4v) is 2.66. The van der Waals surface area contributed by atoms with E-state index in [2.05, 4.69) is 10.6 Å². The maximum atomic E-state index is 12.3. The largest absolute Gasteiger partial charge is 0.347 e. The number of nitrogens with one attached hydrogen (secondary N) is 2. The van der Waals surface area contributed by atoms with Crippen LogP contribution in [0.15, 0.2) is 12.3 Å². The standard InChI is InChI=1S/C14H22ClN3O/c1-10(2)18-9-11(15)7-13(18)14(19)17-12-5-3-4-6-16-8-12/h7,9-10,12,16H,3-6,8H2,1-2H3,(H,17,19). The molecule has 1 aliphatic heterocycles. The van der Waals surface area contributed by atoms with Gasteiger partial charge < -0.3 is 15.2 Å². The van der Waals surface area contributed by atoms with Crippen LogP contribution in [0.4, 0.5) is 0 Å². The van der Waals surface area contributed by atoms with Gasteiger partial charge >= 0.3 is 0 Å². The van der Waals surface area contributed by atoms with Crippen LogP contribution >= 0.6 is 11.6 Å². The summed E-state index contributed by atoms with van der Waals surface area (Å²) in [5.74, 6) is -0.0331. The third-order valence-corrected chi connectivity index (χ3v) is 3.69. The Morgan fingerprint density at radius 1 is 1.53 bits per heavy atom. The molecule has 1 fully saturated rings. The molecule has 1 aromatic rings. The van der Waals surface area contributed by atoms with Gasteiger partial charge in [0.15, 0.2) is 0 Å². The molecule has 0 aliphatic carbocycles. The molecule has 1 atom stereocenters. The molecule has 0 spiro atoms. The minimum atomic E-state index is -0.0331. The number of halogens is 1. The Morgan fingerprint density at radius 2 is 2.32 bits per heavy atom. The lowest BCUT2D eigenvalue weighted by molar-refractivity contribution is 0.0924. The normalized spacial score (nSPS) is 20.3. The molecule has 106 valence electrons. The minimum absolute atomic E-state index is 0.0331. The third-order valence-electron chi connectivity index (χ3n) is 3.49.